The third kappa shape index (κ3) is 1.02. The van der Waals surface area contributed by atoms with Gasteiger partial charge in [-0.3, -0.25) is 0 Å². The van der Waals surface area contributed by atoms with Crippen molar-refractivity contribution in [1.82, 2.24) is 4.98 Å². The Morgan fingerprint density at radius 1 is 1.40 bits per heavy atom. The van der Waals surface area contributed by atoms with Gasteiger partial charge in [0.05, 0.1) is 0 Å². The van der Waals surface area contributed by atoms with Crippen molar-refractivity contribution < 1.29 is 0 Å². The van der Waals surface area contributed by atoms with E-state index in [0.717, 1.165) is 0 Å². The summed E-state index contributed by atoms with van der Waals surface area (Å²) in [5, 5.41) is 3.12. The lowest BCUT2D eigenvalue weighted by atomic mass is 10.4. The van der Waals surface area contributed by atoms with Gasteiger partial charge >= 0.3 is 0 Å². The normalized spacial score (nSPS) is 9.20. The molecule has 5 nitrogen and oxygen atoms in total. The van der Waals surface area contributed by atoms with Crippen molar-refractivity contribution in [2.45, 2.75) is 0 Å². The number of nitrogens with zero attached hydrogens (tertiary/aromatic N) is 2. The summed E-state index contributed by atoms with van der Waals surface area (Å²) in [6.45, 7) is 0. The van der Waals surface area contributed by atoms with Crippen molar-refractivity contribution in [1.29, 1.82) is 5.53 Å². The predicted octanol–water partition coefficient (Wildman–Crippen LogP) is 0.908. The highest BCUT2D eigenvalue weighted by Crippen LogP contribution is 2.19. The molecule has 5 heteroatoms. The zero-order chi connectivity index (χ0) is 7.56. The SMILES string of the molecule is N=Nc1ccc(N)nc1N. The molecule has 1 aromatic rings. The highest BCUT2D eigenvalue weighted by molar-refractivity contribution is 5.59. The maximum atomic E-state index is 6.62. The van der Waals surface area contributed by atoms with Crippen LogP contribution in [0.5, 0.6) is 0 Å². The van der Waals surface area contributed by atoms with Crippen LogP contribution in [0.1, 0.15) is 0 Å². The molecule has 10 heavy (non-hydrogen) atoms. The number of pyridine rings is 1. The summed E-state index contributed by atoms with van der Waals surface area (Å²) < 4.78 is 0. The van der Waals surface area contributed by atoms with E-state index in [4.69, 9.17) is 17.0 Å². The quantitative estimate of drug-likeness (QED) is 0.501. The Kier molecular flexibility index (Phi) is 1.49. The Labute approximate surface area is 57.6 Å². The zero-order valence-corrected chi connectivity index (χ0v) is 5.20. The number of nitrogens with one attached hydrogen (secondary N) is 1. The first-order valence-corrected chi connectivity index (χ1v) is 2.63. The van der Waals surface area contributed by atoms with Gasteiger partial charge in [-0.25, -0.2) is 10.5 Å². The van der Waals surface area contributed by atoms with Crippen LogP contribution in [0, 0.1) is 5.53 Å². The fourth-order valence-electron chi connectivity index (χ4n) is 0.578. The Bertz CT molecular complexity index is 256. The van der Waals surface area contributed by atoms with Gasteiger partial charge in [-0.1, -0.05) is 0 Å². The van der Waals surface area contributed by atoms with Crippen LogP contribution in [0.4, 0.5) is 17.3 Å². The lowest BCUT2D eigenvalue weighted by molar-refractivity contribution is 1.14. The molecule has 0 radical (unpaired) electrons. The molecule has 0 spiro atoms. The van der Waals surface area contributed by atoms with Crippen LogP contribution in [-0.2, 0) is 0 Å². The van der Waals surface area contributed by atoms with Crippen molar-refractivity contribution in [2.75, 3.05) is 11.5 Å². The first-order valence-electron chi connectivity index (χ1n) is 2.63. The van der Waals surface area contributed by atoms with Crippen molar-refractivity contribution in [2.24, 2.45) is 5.11 Å². The first-order chi connectivity index (χ1) is 4.74. The maximum absolute atomic E-state index is 6.62. The molecule has 1 aromatic heterocycles. The van der Waals surface area contributed by atoms with Crippen molar-refractivity contribution >= 4 is 17.3 Å². The van der Waals surface area contributed by atoms with E-state index in [9.17, 15) is 0 Å². The summed E-state index contributed by atoms with van der Waals surface area (Å²) in [4.78, 5) is 3.69. The molecular formula is C5H7N5. The largest absolute Gasteiger partial charge is 0.384 e. The monoisotopic (exact) mass is 137 g/mol. The molecule has 0 bridgehead atoms. The highest BCUT2D eigenvalue weighted by Gasteiger charge is 1.96. The Morgan fingerprint density at radius 2 is 2.10 bits per heavy atom. The molecule has 0 saturated heterocycles. The second-order valence-corrected chi connectivity index (χ2v) is 1.75. The van der Waals surface area contributed by atoms with Crippen molar-refractivity contribution in [3.8, 4) is 0 Å². The average molecular weight is 137 g/mol. The van der Waals surface area contributed by atoms with Gasteiger partial charge in [-0.15, -0.1) is 0 Å². The van der Waals surface area contributed by atoms with Gasteiger partial charge in [0.2, 0.25) is 0 Å². The first kappa shape index (κ1) is 6.47. The average Bonchev–Trinajstić information content (AvgIpc) is 1.88. The van der Waals surface area contributed by atoms with Crippen molar-refractivity contribution in [3.05, 3.63) is 12.1 Å². The summed E-state index contributed by atoms with van der Waals surface area (Å²) in [7, 11) is 0. The maximum Gasteiger partial charge on any atom is 0.153 e. The third-order valence-corrected chi connectivity index (χ3v) is 1.04. The molecule has 0 saturated carbocycles. The summed E-state index contributed by atoms with van der Waals surface area (Å²) in [6, 6.07) is 3.09. The molecule has 0 aliphatic carbocycles. The van der Waals surface area contributed by atoms with Gasteiger partial charge < -0.3 is 11.5 Å². The number of aromatic nitrogens is 1. The second kappa shape index (κ2) is 2.30. The van der Waals surface area contributed by atoms with E-state index in [2.05, 4.69) is 10.1 Å². The highest BCUT2D eigenvalue weighted by atomic mass is 15.0. The number of nitrogens with two attached hydrogens (primary N) is 2. The third-order valence-electron chi connectivity index (χ3n) is 1.04. The van der Waals surface area contributed by atoms with Gasteiger partial charge in [0.1, 0.15) is 11.5 Å². The van der Waals surface area contributed by atoms with Gasteiger partial charge in [0, 0.05) is 0 Å². The summed E-state index contributed by atoms with van der Waals surface area (Å²) >= 11 is 0. The van der Waals surface area contributed by atoms with Crippen LogP contribution in [0.2, 0.25) is 0 Å². The van der Waals surface area contributed by atoms with Crippen LogP contribution in [0.15, 0.2) is 17.2 Å². The molecule has 0 amide bonds. The minimum Gasteiger partial charge on any atom is -0.384 e. The topological polar surface area (TPSA) is 101 Å². The fraction of sp³-hybridized carbons (Fsp3) is 0. The van der Waals surface area contributed by atoms with Crippen molar-refractivity contribution in [3.63, 3.8) is 0 Å². The molecule has 52 valence electrons. The predicted molar refractivity (Wildman–Crippen MR) is 37.9 cm³/mol. The minimum atomic E-state index is 0.190. The molecule has 0 atom stereocenters. The van der Waals surface area contributed by atoms with Crippen LogP contribution < -0.4 is 11.5 Å². The fourth-order valence-corrected chi connectivity index (χ4v) is 0.578. The Morgan fingerprint density at radius 3 is 2.60 bits per heavy atom. The van der Waals surface area contributed by atoms with Crippen LogP contribution in [-0.4, -0.2) is 4.98 Å². The molecule has 1 heterocycles. The minimum absolute atomic E-state index is 0.190. The Balaban J connectivity index is 3.19. The van der Waals surface area contributed by atoms with E-state index in [1.165, 1.54) is 0 Å². The van der Waals surface area contributed by atoms with E-state index in [1.54, 1.807) is 12.1 Å². The number of nitrogen functional groups attached to an aromatic ring is 2. The summed E-state index contributed by atoms with van der Waals surface area (Å²) in [5.41, 5.74) is 17.6. The summed E-state index contributed by atoms with van der Waals surface area (Å²) in [6.07, 6.45) is 0. The standard InChI is InChI=1S/C5H7N5/c6-4-2-1-3(10-8)5(7)9-4/h1-2,8H,(H4,6,7,9). The Hall–Kier alpha value is -1.65. The molecule has 0 aromatic carbocycles. The zero-order valence-electron chi connectivity index (χ0n) is 5.20. The molecule has 0 aliphatic heterocycles. The van der Waals surface area contributed by atoms with Crippen LogP contribution in [0.3, 0.4) is 0 Å². The number of hydrogen-bond donors (Lipinski definition) is 3. The number of hydrogen-bond acceptors (Lipinski definition) is 5. The smallest absolute Gasteiger partial charge is 0.153 e. The summed E-state index contributed by atoms with van der Waals surface area (Å²) in [5.74, 6) is 0.528. The second-order valence-electron chi connectivity index (χ2n) is 1.75. The van der Waals surface area contributed by atoms with E-state index in [1.807, 2.05) is 0 Å². The molecule has 0 unspecified atom stereocenters. The van der Waals surface area contributed by atoms with E-state index in [-0.39, 0.29) is 5.82 Å². The number of anilines is 2. The van der Waals surface area contributed by atoms with Gasteiger partial charge in [-0.2, -0.15) is 5.11 Å². The van der Waals surface area contributed by atoms with E-state index in [0.29, 0.717) is 11.5 Å². The molecule has 0 aliphatic rings. The van der Waals surface area contributed by atoms with Gasteiger partial charge in [-0.05, 0) is 12.1 Å². The lowest BCUT2D eigenvalue weighted by Crippen LogP contribution is -1.94. The van der Waals surface area contributed by atoms with Gasteiger partial charge in [0.25, 0.3) is 0 Å². The van der Waals surface area contributed by atoms with E-state index < -0.39 is 0 Å². The van der Waals surface area contributed by atoms with Crippen LogP contribution >= 0.6 is 0 Å². The van der Waals surface area contributed by atoms with Crippen LogP contribution in [0.25, 0.3) is 0 Å². The van der Waals surface area contributed by atoms with E-state index >= 15 is 0 Å². The lowest BCUT2D eigenvalue weighted by Gasteiger charge is -1.96. The molecule has 5 N–H and O–H groups in total. The molecule has 0 fully saturated rings. The molecule has 1 rings (SSSR count). The number of rotatable bonds is 1. The van der Waals surface area contributed by atoms with Gasteiger partial charge in [0.15, 0.2) is 5.82 Å². The molecular weight excluding hydrogens is 130 g/mol.